The third-order valence-corrected chi connectivity index (χ3v) is 4.05. The quantitative estimate of drug-likeness (QED) is 0.502. The minimum Gasteiger partial charge on any atom is -0.294 e. The summed E-state index contributed by atoms with van der Waals surface area (Å²) in [6.07, 6.45) is -13.5. The van der Waals surface area contributed by atoms with E-state index < -0.39 is 46.6 Å². The van der Waals surface area contributed by atoms with Crippen LogP contribution in [-0.2, 0) is 9.47 Å². The van der Waals surface area contributed by atoms with Crippen LogP contribution < -0.4 is 0 Å². The molecule has 0 aliphatic carbocycles. The number of halogens is 10. The molecular formula is C14H18F10O2. The van der Waals surface area contributed by atoms with Gasteiger partial charge in [-0.2, -0.15) is 35.1 Å². The summed E-state index contributed by atoms with van der Waals surface area (Å²) < 4.78 is 144. The lowest BCUT2D eigenvalue weighted by Crippen LogP contribution is -2.66. The number of alkyl halides is 10. The first-order valence-electron chi connectivity index (χ1n) is 7.21. The Bertz CT molecular complexity index is 526. The zero-order chi connectivity index (χ0) is 21.4. The van der Waals surface area contributed by atoms with E-state index in [1.54, 1.807) is 0 Å². The molecule has 156 valence electrons. The molecule has 0 aromatic rings. The smallest absolute Gasteiger partial charge is 0.294 e. The fourth-order valence-electron chi connectivity index (χ4n) is 2.43. The molecule has 12 heteroatoms. The summed E-state index contributed by atoms with van der Waals surface area (Å²) >= 11 is 0. The van der Waals surface area contributed by atoms with Gasteiger partial charge in [-0.1, -0.05) is 41.5 Å². The van der Waals surface area contributed by atoms with Crippen LogP contribution in [0.1, 0.15) is 41.5 Å². The van der Waals surface area contributed by atoms with Gasteiger partial charge in [0.25, 0.3) is 11.7 Å². The van der Waals surface area contributed by atoms with Crippen molar-refractivity contribution in [3.63, 3.8) is 0 Å². The van der Waals surface area contributed by atoms with Crippen LogP contribution in [0, 0.1) is 10.8 Å². The van der Waals surface area contributed by atoms with Crippen molar-refractivity contribution in [2.24, 2.45) is 10.8 Å². The molecule has 1 aliphatic rings. The van der Waals surface area contributed by atoms with Crippen molar-refractivity contribution in [2.45, 2.75) is 77.3 Å². The highest BCUT2D eigenvalue weighted by atomic mass is 19.4. The van der Waals surface area contributed by atoms with Crippen LogP contribution in [0.25, 0.3) is 0 Å². The molecule has 1 fully saturated rings. The van der Waals surface area contributed by atoms with E-state index in [1.807, 2.05) is 0 Å². The maximum atomic E-state index is 15.4. The van der Waals surface area contributed by atoms with E-state index in [4.69, 9.17) is 0 Å². The molecule has 1 rings (SSSR count). The Kier molecular flexibility index (Phi) is 4.82. The second-order valence-corrected chi connectivity index (χ2v) is 8.08. The summed E-state index contributed by atoms with van der Waals surface area (Å²) in [5, 5.41) is 0. The molecule has 0 bridgehead atoms. The van der Waals surface area contributed by atoms with Crippen molar-refractivity contribution in [3.05, 3.63) is 0 Å². The molecule has 2 nitrogen and oxygen atoms in total. The maximum Gasteiger partial charge on any atom is 0.459 e. The summed E-state index contributed by atoms with van der Waals surface area (Å²) in [6.45, 7) is 4.63. The van der Waals surface area contributed by atoms with Crippen LogP contribution >= 0.6 is 0 Å². The summed E-state index contributed by atoms with van der Waals surface area (Å²) in [5.41, 5.74) is -4.63. The first-order chi connectivity index (χ1) is 10.9. The van der Waals surface area contributed by atoms with Gasteiger partial charge < -0.3 is 0 Å². The fraction of sp³-hybridized carbons (Fsp3) is 1.00. The summed E-state index contributed by atoms with van der Waals surface area (Å²) in [4.78, 5) is 0. The number of rotatable bonds is 1. The van der Waals surface area contributed by atoms with E-state index in [2.05, 4.69) is 9.47 Å². The first-order valence-corrected chi connectivity index (χ1v) is 7.21. The number of ether oxygens (including phenoxy) is 2. The average molecular weight is 408 g/mol. The minimum absolute atomic E-state index is 0.772. The molecule has 2 unspecified atom stereocenters. The standard InChI is InChI=1S/C14H18F10O2/c1-7(2,3)10(17)11(18,8(4,5)6)26-12(25-10,14(22,23)24)9(15,16)13(19,20)21/h1-6H3. The lowest BCUT2D eigenvalue weighted by molar-refractivity contribution is -0.478. The average Bonchev–Trinajstić information content (AvgIpc) is 2.58. The minimum atomic E-state index is -6.87. The van der Waals surface area contributed by atoms with Gasteiger partial charge in [-0.25, -0.2) is 8.78 Å². The van der Waals surface area contributed by atoms with Gasteiger partial charge >= 0.3 is 24.1 Å². The van der Waals surface area contributed by atoms with Crippen LogP contribution in [0.2, 0.25) is 0 Å². The Labute approximate surface area is 142 Å². The van der Waals surface area contributed by atoms with Gasteiger partial charge in [-0.15, -0.1) is 0 Å². The second kappa shape index (κ2) is 5.39. The molecule has 1 heterocycles. The van der Waals surface area contributed by atoms with Crippen LogP contribution in [0.15, 0.2) is 0 Å². The zero-order valence-corrected chi connectivity index (χ0v) is 14.6. The van der Waals surface area contributed by atoms with Gasteiger partial charge in [0.05, 0.1) is 0 Å². The number of hydrogen-bond donors (Lipinski definition) is 0. The monoisotopic (exact) mass is 408 g/mol. The van der Waals surface area contributed by atoms with Crippen molar-refractivity contribution in [2.75, 3.05) is 0 Å². The van der Waals surface area contributed by atoms with E-state index >= 15 is 8.78 Å². The Morgan fingerprint density at radius 2 is 0.846 bits per heavy atom. The second-order valence-electron chi connectivity index (χ2n) is 8.08. The molecule has 1 saturated heterocycles. The molecule has 0 aromatic carbocycles. The van der Waals surface area contributed by atoms with Crippen molar-refractivity contribution in [1.29, 1.82) is 0 Å². The first kappa shape index (κ1) is 23.3. The zero-order valence-electron chi connectivity index (χ0n) is 14.6. The van der Waals surface area contributed by atoms with Crippen LogP contribution in [-0.4, -0.2) is 35.8 Å². The Hall–Kier alpha value is -0.780. The Morgan fingerprint density at radius 3 is 1.00 bits per heavy atom. The molecule has 0 spiro atoms. The van der Waals surface area contributed by atoms with E-state index in [9.17, 15) is 35.1 Å². The summed E-state index contributed by atoms with van der Waals surface area (Å²) in [6, 6.07) is 0. The van der Waals surface area contributed by atoms with Crippen molar-refractivity contribution >= 4 is 0 Å². The van der Waals surface area contributed by atoms with Crippen LogP contribution in [0.5, 0.6) is 0 Å². The lowest BCUT2D eigenvalue weighted by Gasteiger charge is -2.45. The Balaban J connectivity index is 3.92. The highest BCUT2D eigenvalue weighted by Crippen LogP contribution is 2.68. The van der Waals surface area contributed by atoms with Crippen LogP contribution in [0.3, 0.4) is 0 Å². The van der Waals surface area contributed by atoms with Crippen molar-refractivity contribution in [1.82, 2.24) is 0 Å². The summed E-state index contributed by atoms with van der Waals surface area (Å²) in [7, 11) is 0. The maximum absolute atomic E-state index is 15.4. The van der Waals surface area contributed by atoms with Gasteiger partial charge in [-0.05, 0) is 0 Å². The van der Waals surface area contributed by atoms with Crippen molar-refractivity contribution in [3.8, 4) is 0 Å². The molecule has 0 saturated carbocycles. The predicted octanol–water partition coefficient (Wildman–Crippen LogP) is 5.91. The molecular weight excluding hydrogens is 390 g/mol. The van der Waals surface area contributed by atoms with E-state index in [-0.39, 0.29) is 0 Å². The van der Waals surface area contributed by atoms with E-state index in [1.165, 1.54) is 0 Å². The third kappa shape index (κ3) is 2.70. The molecule has 1 aliphatic heterocycles. The highest BCUT2D eigenvalue weighted by Gasteiger charge is 2.92. The van der Waals surface area contributed by atoms with Gasteiger partial charge in [0.2, 0.25) is 0 Å². The molecule has 26 heavy (non-hydrogen) atoms. The lowest BCUT2D eigenvalue weighted by atomic mass is 9.72. The van der Waals surface area contributed by atoms with Gasteiger partial charge in [-0.3, -0.25) is 9.47 Å². The van der Waals surface area contributed by atoms with Crippen molar-refractivity contribution < 1.29 is 53.4 Å². The Morgan fingerprint density at radius 1 is 0.577 bits per heavy atom. The molecule has 0 radical (unpaired) electrons. The molecule has 0 N–H and O–H groups in total. The largest absolute Gasteiger partial charge is 0.459 e. The number of hydrogen-bond acceptors (Lipinski definition) is 2. The van der Waals surface area contributed by atoms with Crippen LogP contribution in [0.4, 0.5) is 43.9 Å². The van der Waals surface area contributed by atoms with Gasteiger partial charge in [0.1, 0.15) is 0 Å². The van der Waals surface area contributed by atoms with Gasteiger partial charge in [0, 0.05) is 10.8 Å². The fourth-order valence-corrected chi connectivity index (χ4v) is 2.43. The molecule has 0 aromatic heterocycles. The highest BCUT2D eigenvalue weighted by molar-refractivity contribution is 5.13. The summed E-state index contributed by atoms with van der Waals surface area (Å²) in [5.74, 6) is -21.3. The third-order valence-electron chi connectivity index (χ3n) is 4.05. The van der Waals surface area contributed by atoms with E-state index in [0.717, 1.165) is 41.5 Å². The van der Waals surface area contributed by atoms with E-state index in [0.29, 0.717) is 0 Å². The predicted molar refractivity (Wildman–Crippen MR) is 68.5 cm³/mol. The molecule has 2 atom stereocenters. The topological polar surface area (TPSA) is 18.5 Å². The van der Waals surface area contributed by atoms with Gasteiger partial charge in [0.15, 0.2) is 0 Å². The normalized spacial score (nSPS) is 35.1. The molecule has 0 amide bonds. The SMILES string of the molecule is CC(C)(C)C1(F)OC(C(F)(F)F)(C(F)(F)C(F)(F)F)OC1(F)C(C)(C)C.